The van der Waals surface area contributed by atoms with Gasteiger partial charge in [0.1, 0.15) is 0 Å². The topological polar surface area (TPSA) is 15.7 Å². The average molecular weight is 310 g/mol. The van der Waals surface area contributed by atoms with Crippen LogP contribution in [-0.4, -0.2) is 36.8 Å². The van der Waals surface area contributed by atoms with Crippen LogP contribution in [0.3, 0.4) is 0 Å². The van der Waals surface area contributed by atoms with Gasteiger partial charge in [-0.15, -0.1) is 0 Å². The zero-order valence-corrected chi connectivity index (χ0v) is 14.2. The molecular formula is C20H26N2O. The van der Waals surface area contributed by atoms with E-state index in [1.54, 1.807) is 0 Å². The van der Waals surface area contributed by atoms with Crippen LogP contribution in [0.4, 0.5) is 0 Å². The van der Waals surface area contributed by atoms with E-state index in [4.69, 9.17) is 4.74 Å². The molecule has 1 aliphatic heterocycles. The van der Waals surface area contributed by atoms with E-state index in [0.29, 0.717) is 0 Å². The van der Waals surface area contributed by atoms with Crippen molar-refractivity contribution in [2.75, 3.05) is 20.7 Å². The Balaban J connectivity index is 1.98. The minimum absolute atomic E-state index is 0.120. The Hall–Kier alpha value is -1.68. The fraction of sp³-hybridized carbons (Fsp3) is 0.400. The van der Waals surface area contributed by atoms with Crippen LogP contribution < -0.4 is 0 Å². The van der Waals surface area contributed by atoms with E-state index in [1.807, 2.05) is 0 Å². The Kier molecular flexibility index (Phi) is 5.11. The molecule has 0 radical (unpaired) electrons. The lowest BCUT2D eigenvalue weighted by Crippen LogP contribution is -2.32. The van der Waals surface area contributed by atoms with Gasteiger partial charge in [-0.2, -0.15) is 0 Å². The highest BCUT2D eigenvalue weighted by Crippen LogP contribution is 2.44. The van der Waals surface area contributed by atoms with E-state index in [-0.39, 0.29) is 18.2 Å². The van der Waals surface area contributed by atoms with Crippen molar-refractivity contribution in [3.05, 3.63) is 71.8 Å². The molecule has 0 saturated carbocycles. The maximum absolute atomic E-state index is 6.34. The second-order valence-electron chi connectivity index (χ2n) is 6.19. The Morgan fingerprint density at radius 2 is 1.22 bits per heavy atom. The third kappa shape index (κ3) is 3.18. The molecule has 0 spiro atoms. The van der Waals surface area contributed by atoms with Gasteiger partial charge in [0.2, 0.25) is 0 Å². The van der Waals surface area contributed by atoms with Crippen LogP contribution in [-0.2, 0) is 4.74 Å². The highest BCUT2D eigenvalue weighted by molar-refractivity contribution is 5.27. The maximum Gasteiger partial charge on any atom is 0.0995 e. The molecule has 2 unspecified atom stereocenters. The van der Waals surface area contributed by atoms with E-state index in [0.717, 1.165) is 13.0 Å². The Morgan fingerprint density at radius 1 is 0.783 bits per heavy atom. The zero-order valence-electron chi connectivity index (χ0n) is 14.2. The highest BCUT2D eigenvalue weighted by atomic mass is 16.5. The first-order valence-electron chi connectivity index (χ1n) is 8.41. The average Bonchev–Trinajstić information content (AvgIpc) is 2.85. The van der Waals surface area contributed by atoms with Gasteiger partial charge in [-0.25, -0.2) is 10.0 Å². The number of hydrogen-bond acceptors (Lipinski definition) is 3. The van der Waals surface area contributed by atoms with Crippen molar-refractivity contribution in [1.82, 2.24) is 10.0 Å². The van der Waals surface area contributed by atoms with Crippen molar-refractivity contribution in [3.8, 4) is 0 Å². The molecule has 0 amide bonds. The molecule has 0 bridgehead atoms. The van der Waals surface area contributed by atoms with Crippen LogP contribution in [0.1, 0.15) is 36.6 Å². The predicted octanol–water partition coefficient (Wildman–Crippen LogP) is 4.06. The van der Waals surface area contributed by atoms with Gasteiger partial charge in [-0.1, -0.05) is 67.6 Å². The number of hydrazine groups is 1. The van der Waals surface area contributed by atoms with Gasteiger partial charge in [0, 0.05) is 20.7 Å². The summed E-state index contributed by atoms with van der Waals surface area (Å²) in [5.41, 5.74) is 2.61. The van der Waals surface area contributed by atoms with Crippen LogP contribution in [0, 0.1) is 0 Å². The molecule has 3 heteroatoms. The molecule has 0 aliphatic carbocycles. The monoisotopic (exact) mass is 310 g/mol. The number of rotatable bonds is 5. The molecule has 23 heavy (non-hydrogen) atoms. The molecular weight excluding hydrogens is 284 g/mol. The molecule has 2 atom stereocenters. The number of likely N-dealkylation sites (N-methyl/N-ethyl adjacent to an activating group) is 2. The normalized spacial score (nSPS) is 25.8. The maximum atomic E-state index is 6.34. The lowest BCUT2D eigenvalue weighted by Gasteiger charge is -2.27. The van der Waals surface area contributed by atoms with E-state index in [9.17, 15) is 0 Å². The van der Waals surface area contributed by atoms with Gasteiger partial charge >= 0.3 is 0 Å². The summed E-state index contributed by atoms with van der Waals surface area (Å²) in [4.78, 5) is 0. The molecule has 2 aromatic carbocycles. The molecule has 1 aliphatic rings. The van der Waals surface area contributed by atoms with Gasteiger partial charge in [-0.05, 0) is 17.5 Å². The summed E-state index contributed by atoms with van der Waals surface area (Å²) in [6.07, 6.45) is 1.15. The van der Waals surface area contributed by atoms with Crippen molar-refractivity contribution < 1.29 is 4.74 Å². The second-order valence-corrected chi connectivity index (χ2v) is 6.19. The van der Waals surface area contributed by atoms with E-state index >= 15 is 0 Å². The van der Waals surface area contributed by atoms with Gasteiger partial charge in [0.15, 0.2) is 0 Å². The summed E-state index contributed by atoms with van der Waals surface area (Å²) < 4.78 is 6.34. The van der Waals surface area contributed by atoms with E-state index in [1.165, 1.54) is 11.1 Å². The van der Waals surface area contributed by atoms with Crippen molar-refractivity contribution in [1.29, 1.82) is 0 Å². The van der Waals surface area contributed by atoms with Crippen LogP contribution in [0.2, 0.25) is 0 Å². The first kappa shape index (κ1) is 16.2. The molecule has 1 fully saturated rings. The minimum atomic E-state index is 0.120. The lowest BCUT2D eigenvalue weighted by atomic mass is 9.94. The number of ether oxygens (including phenoxy) is 1. The van der Waals surface area contributed by atoms with Crippen LogP contribution in [0.5, 0.6) is 0 Å². The Labute approximate surface area is 139 Å². The lowest BCUT2D eigenvalue weighted by molar-refractivity contribution is 0.0222. The molecule has 1 heterocycles. The second kappa shape index (κ2) is 7.26. The molecule has 1 saturated heterocycles. The van der Waals surface area contributed by atoms with Gasteiger partial charge in [-0.3, -0.25) is 0 Å². The van der Waals surface area contributed by atoms with E-state index in [2.05, 4.69) is 91.7 Å². The quantitative estimate of drug-likeness (QED) is 0.828. The third-order valence-corrected chi connectivity index (χ3v) is 4.72. The predicted molar refractivity (Wildman–Crippen MR) is 93.9 cm³/mol. The molecule has 3 nitrogen and oxygen atoms in total. The minimum Gasteiger partial charge on any atom is -0.374 e. The fourth-order valence-electron chi connectivity index (χ4n) is 3.54. The molecule has 3 rings (SSSR count). The Bertz CT molecular complexity index is 550. The van der Waals surface area contributed by atoms with Crippen molar-refractivity contribution in [3.63, 3.8) is 0 Å². The van der Waals surface area contributed by atoms with Crippen molar-refractivity contribution >= 4 is 0 Å². The van der Waals surface area contributed by atoms with Crippen molar-refractivity contribution in [2.24, 2.45) is 0 Å². The fourth-order valence-corrected chi connectivity index (χ4v) is 3.54. The molecule has 122 valence electrons. The van der Waals surface area contributed by atoms with Gasteiger partial charge in [0.25, 0.3) is 0 Å². The van der Waals surface area contributed by atoms with Crippen molar-refractivity contribution in [2.45, 2.75) is 31.5 Å². The summed E-state index contributed by atoms with van der Waals surface area (Å²) >= 11 is 0. The van der Waals surface area contributed by atoms with Crippen LogP contribution in [0.15, 0.2) is 60.7 Å². The number of hydrogen-bond donors (Lipinski definition) is 0. The molecule has 2 aromatic rings. The zero-order chi connectivity index (χ0) is 16.2. The van der Waals surface area contributed by atoms with Crippen LogP contribution >= 0.6 is 0 Å². The standard InChI is InChI=1S/C20H26N2O/c1-4-15-23-20-18(16-11-7-5-8-12-16)21(2)22(3)19(20)17-13-9-6-10-14-17/h5-14,18-20H,4,15H2,1-3H3. The summed E-state index contributed by atoms with van der Waals surface area (Å²) in [5, 5.41) is 4.63. The van der Waals surface area contributed by atoms with Gasteiger partial charge in [0.05, 0.1) is 18.2 Å². The summed E-state index contributed by atoms with van der Waals surface area (Å²) in [6, 6.07) is 21.8. The SMILES string of the molecule is CCCOC1C(c2ccccc2)N(C)N(C)C1c1ccccc1. The number of nitrogens with zero attached hydrogens (tertiary/aromatic N) is 2. The highest BCUT2D eigenvalue weighted by Gasteiger charge is 2.46. The van der Waals surface area contributed by atoms with Gasteiger partial charge < -0.3 is 4.74 Å². The molecule has 0 N–H and O–H groups in total. The largest absolute Gasteiger partial charge is 0.374 e. The first-order chi connectivity index (χ1) is 11.2. The number of benzene rings is 2. The third-order valence-electron chi connectivity index (χ3n) is 4.72. The smallest absolute Gasteiger partial charge is 0.0995 e. The van der Waals surface area contributed by atoms with Crippen LogP contribution in [0.25, 0.3) is 0 Å². The summed E-state index contributed by atoms with van der Waals surface area (Å²) in [6.45, 7) is 2.95. The summed E-state index contributed by atoms with van der Waals surface area (Å²) in [7, 11) is 4.31. The molecule has 0 aromatic heterocycles. The van der Waals surface area contributed by atoms with E-state index < -0.39 is 0 Å². The Morgan fingerprint density at radius 3 is 1.61 bits per heavy atom. The summed E-state index contributed by atoms with van der Waals surface area (Å²) in [5.74, 6) is 0. The first-order valence-corrected chi connectivity index (χ1v) is 8.41.